The van der Waals surface area contributed by atoms with Gasteiger partial charge in [-0.05, 0) is 45.9 Å². The fraction of sp³-hybridized carbons (Fsp3) is 0.438. The van der Waals surface area contributed by atoms with Gasteiger partial charge in [-0.15, -0.1) is 0 Å². The molecule has 0 aliphatic heterocycles. The van der Waals surface area contributed by atoms with Crippen molar-refractivity contribution in [1.29, 1.82) is 0 Å². The van der Waals surface area contributed by atoms with Gasteiger partial charge in [0.15, 0.2) is 0 Å². The summed E-state index contributed by atoms with van der Waals surface area (Å²) in [6, 6.07) is 5.98. The summed E-state index contributed by atoms with van der Waals surface area (Å²) in [5, 5.41) is 5.54. The van der Waals surface area contributed by atoms with Gasteiger partial charge in [-0.3, -0.25) is 4.98 Å². The Morgan fingerprint density at radius 1 is 1.30 bits per heavy atom. The molecule has 0 atom stereocenters. The van der Waals surface area contributed by atoms with Crippen LogP contribution in [0, 0.1) is 6.92 Å². The Balaban J connectivity index is 2.31. The van der Waals surface area contributed by atoms with E-state index in [1.807, 2.05) is 32.2 Å². The maximum absolute atomic E-state index is 6.01. The van der Waals surface area contributed by atoms with Crippen molar-refractivity contribution in [2.45, 2.75) is 33.3 Å². The largest absolute Gasteiger partial charge is 0.398 e. The number of nitrogens with two attached hydrogens (primary N) is 1. The number of pyridine rings is 1. The number of aryl methyl sites for hydroxylation is 1. The molecule has 2 rings (SSSR count). The van der Waals surface area contributed by atoms with Crippen molar-refractivity contribution in [2.24, 2.45) is 0 Å². The summed E-state index contributed by atoms with van der Waals surface area (Å²) >= 11 is 0. The van der Waals surface area contributed by atoms with Crippen LogP contribution in [0.25, 0.3) is 10.8 Å². The summed E-state index contributed by atoms with van der Waals surface area (Å²) in [5.74, 6) is 0. The summed E-state index contributed by atoms with van der Waals surface area (Å²) in [6.07, 6.45) is 1.83. The van der Waals surface area contributed by atoms with E-state index in [-0.39, 0.29) is 5.60 Å². The van der Waals surface area contributed by atoms with Gasteiger partial charge in [0.05, 0.1) is 5.60 Å². The molecule has 2 aromatic rings. The normalized spacial score (nSPS) is 11.8. The molecule has 4 heteroatoms. The minimum Gasteiger partial charge on any atom is -0.398 e. The maximum Gasteiger partial charge on any atom is 0.0797 e. The van der Waals surface area contributed by atoms with Gasteiger partial charge in [-0.1, -0.05) is 0 Å². The Kier molecular flexibility index (Phi) is 4.14. The number of fused-ring (bicyclic) bond motifs is 1. The first-order valence-corrected chi connectivity index (χ1v) is 6.95. The lowest BCUT2D eigenvalue weighted by molar-refractivity contribution is 0.000719. The zero-order valence-electron chi connectivity index (χ0n) is 12.7. The van der Waals surface area contributed by atoms with Crippen LogP contribution in [0.1, 0.15) is 26.5 Å². The average Bonchev–Trinajstić information content (AvgIpc) is 2.38. The van der Waals surface area contributed by atoms with Crippen LogP contribution in [0.15, 0.2) is 24.4 Å². The standard InChI is InChI=1S/C16H23N3O/c1-5-20-16(3,4)10-19-15-7-6-14(17)13-9-18-11(2)8-12(13)15/h6-9,19H,5,10,17H2,1-4H3. The summed E-state index contributed by atoms with van der Waals surface area (Å²) in [7, 11) is 0. The highest BCUT2D eigenvalue weighted by Gasteiger charge is 2.17. The highest BCUT2D eigenvalue weighted by atomic mass is 16.5. The molecule has 0 aliphatic rings. The Bertz CT molecular complexity index is 608. The molecule has 1 aromatic heterocycles. The number of ether oxygens (including phenoxy) is 1. The molecule has 0 bridgehead atoms. The van der Waals surface area contributed by atoms with Crippen LogP contribution in [0.4, 0.5) is 11.4 Å². The number of nitrogen functional groups attached to an aromatic ring is 1. The monoisotopic (exact) mass is 273 g/mol. The molecule has 0 radical (unpaired) electrons. The van der Waals surface area contributed by atoms with Crippen LogP contribution in [0.3, 0.4) is 0 Å². The van der Waals surface area contributed by atoms with Gasteiger partial charge in [-0.25, -0.2) is 0 Å². The third-order valence-electron chi connectivity index (χ3n) is 3.31. The third kappa shape index (κ3) is 3.20. The predicted molar refractivity (Wildman–Crippen MR) is 85.1 cm³/mol. The molecule has 0 unspecified atom stereocenters. The van der Waals surface area contributed by atoms with Gasteiger partial charge in [0.25, 0.3) is 0 Å². The van der Waals surface area contributed by atoms with E-state index in [1.54, 1.807) is 0 Å². The predicted octanol–water partition coefficient (Wildman–Crippen LogP) is 3.35. The van der Waals surface area contributed by atoms with E-state index >= 15 is 0 Å². The van der Waals surface area contributed by atoms with Gasteiger partial charge in [0.1, 0.15) is 0 Å². The van der Waals surface area contributed by atoms with E-state index in [0.717, 1.165) is 34.4 Å². The Morgan fingerprint density at radius 3 is 2.75 bits per heavy atom. The van der Waals surface area contributed by atoms with Crippen LogP contribution in [-0.4, -0.2) is 23.7 Å². The molecular formula is C16H23N3O. The average molecular weight is 273 g/mol. The second-order valence-corrected chi connectivity index (χ2v) is 5.62. The smallest absolute Gasteiger partial charge is 0.0797 e. The molecule has 4 nitrogen and oxygen atoms in total. The van der Waals surface area contributed by atoms with E-state index in [2.05, 4.69) is 30.2 Å². The van der Waals surface area contributed by atoms with Crippen molar-refractivity contribution < 1.29 is 4.74 Å². The first kappa shape index (κ1) is 14.6. The summed E-state index contributed by atoms with van der Waals surface area (Å²) < 4.78 is 5.71. The van der Waals surface area contributed by atoms with E-state index in [0.29, 0.717) is 6.61 Å². The van der Waals surface area contributed by atoms with Gasteiger partial charge in [-0.2, -0.15) is 0 Å². The van der Waals surface area contributed by atoms with Crippen LogP contribution >= 0.6 is 0 Å². The van der Waals surface area contributed by atoms with Crippen molar-refractivity contribution in [1.82, 2.24) is 4.98 Å². The quantitative estimate of drug-likeness (QED) is 0.820. The zero-order valence-corrected chi connectivity index (χ0v) is 12.7. The van der Waals surface area contributed by atoms with E-state index in [9.17, 15) is 0 Å². The molecule has 1 heterocycles. The summed E-state index contributed by atoms with van der Waals surface area (Å²) in [5.41, 5.74) is 8.60. The van der Waals surface area contributed by atoms with Crippen LogP contribution < -0.4 is 11.1 Å². The minimum atomic E-state index is -0.204. The number of nitrogens with zero attached hydrogens (tertiary/aromatic N) is 1. The molecular weight excluding hydrogens is 250 g/mol. The van der Waals surface area contributed by atoms with Gasteiger partial charge in [0, 0.05) is 47.2 Å². The second kappa shape index (κ2) is 5.67. The molecule has 0 spiro atoms. The van der Waals surface area contributed by atoms with Gasteiger partial charge < -0.3 is 15.8 Å². The molecule has 0 aliphatic carbocycles. The summed E-state index contributed by atoms with van der Waals surface area (Å²) in [6.45, 7) is 9.60. The topological polar surface area (TPSA) is 60.2 Å². The molecule has 0 saturated carbocycles. The van der Waals surface area contributed by atoms with Crippen molar-refractivity contribution >= 4 is 22.1 Å². The number of anilines is 2. The number of hydrogen-bond acceptors (Lipinski definition) is 4. The van der Waals surface area contributed by atoms with E-state index in [1.165, 1.54) is 0 Å². The van der Waals surface area contributed by atoms with Crippen LogP contribution in [0.5, 0.6) is 0 Å². The molecule has 20 heavy (non-hydrogen) atoms. The second-order valence-electron chi connectivity index (χ2n) is 5.62. The van der Waals surface area contributed by atoms with Crippen molar-refractivity contribution in [3.8, 4) is 0 Å². The van der Waals surface area contributed by atoms with Crippen molar-refractivity contribution in [2.75, 3.05) is 24.2 Å². The molecule has 108 valence electrons. The van der Waals surface area contributed by atoms with E-state index < -0.39 is 0 Å². The van der Waals surface area contributed by atoms with Crippen molar-refractivity contribution in [3.63, 3.8) is 0 Å². The number of hydrogen-bond donors (Lipinski definition) is 2. The highest BCUT2D eigenvalue weighted by Crippen LogP contribution is 2.28. The number of benzene rings is 1. The first-order chi connectivity index (χ1) is 9.43. The first-order valence-electron chi connectivity index (χ1n) is 6.95. The van der Waals surface area contributed by atoms with Crippen LogP contribution in [0.2, 0.25) is 0 Å². The lowest BCUT2D eigenvalue weighted by atomic mass is 10.1. The lowest BCUT2D eigenvalue weighted by Crippen LogP contribution is -2.33. The molecule has 0 saturated heterocycles. The van der Waals surface area contributed by atoms with E-state index in [4.69, 9.17) is 10.5 Å². The highest BCUT2D eigenvalue weighted by molar-refractivity contribution is 6.00. The number of rotatable bonds is 5. The Labute approximate surface area is 120 Å². The lowest BCUT2D eigenvalue weighted by Gasteiger charge is -2.26. The SMILES string of the molecule is CCOC(C)(C)CNc1ccc(N)c2cnc(C)cc12. The van der Waals surface area contributed by atoms with Gasteiger partial charge in [0.2, 0.25) is 0 Å². The molecule has 0 fully saturated rings. The zero-order chi connectivity index (χ0) is 14.8. The third-order valence-corrected chi connectivity index (χ3v) is 3.31. The molecule has 1 aromatic carbocycles. The Morgan fingerprint density at radius 2 is 2.05 bits per heavy atom. The number of nitrogens with one attached hydrogen (secondary N) is 1. The minimum absolute atomic E-state index is 0.204. The summed E-state index contributed by atoms with van der Waals surface area (Å²) in [4.78, 5) is 4.32. The number of aromatic nitrogens is 1. The fourth-order valence-corrected chi connectivity index (χ4v) is 2.27. The van der Waals surface area contributed by atoms with Gasteiger partial charge >= 0.3 is 0 Å². The van der Waals surface area contributed by atoms with Crippen molar-refractivity contribution in [3.05, 3.63) is 30.1 Å². The molecule has 0 amide bonds. The van der Waals surface area contributed by atoms with Crippen LogP contribution in [-0.2, 0) is 4.74 Å². The Hall–Kier alpha value is -1.81. The molecule has 3 N–H and O–H groups in total. The fourth-order valence-electron chi connectivity index (χ4n) is 2.27. The maximum atomic E-state index is 6.01.